The van der Waals surface area contributed by atoms with Crippen LogP contribution in [0.5, 0.6) is 0 Å². The number of hydrogen-bond acceptors (Lipinski definition) is 3. The van der Waals surface area contributed by atoms with E-state index in [4.69, 9.17) is 11.4 Å². The van der Waals surface area contributed by atoms with Crippen LogP contribution >= 0.6 is 0 Å². The Hall–Kier alpha value is -2.56. The Morgan fingerprint density at radius 1 is 1.23 bits per heavy atom. The number of rotatable bonds is 4. The van der Waals surface area contributed by atoms with Gasteiger partial charge in [0.25, 0.3) is 0 Å². The van der Waals surface area contributed by atoms with Crippen molar-refractivity contribution >= 4 is 5.84 Å². The van der Waals surface area contributed by atoms with Crippen LogP contribution in [0.15, 0.2) is 58.7 Å². The lowest BCUT2D eigenvalue weighted by molar-refractivity contribution is 0.583. The fourth-order valence-electron chi connectivity index (χ4n) is 2.50. The molecule has 0 aliphatic carbocycles. The molecule has 22 heavy (non-hydrogen) atoms. The number of halogens is 1. The molecule has 114 valence electrons. The fourth-order valence-corrected chi connectivity index (χ4v) is 2.50. The van der Waals surface area contributed by atoms with E-state index in [0.29, 0.717) is 17.5 Å². The van der Waals surface area contributed by atoms with Gasteiger partial charge in [-0.2, -0.15) is 5.10 Å². The van der Waals surface area contributed by atoms with E-state index in [2.05, 4.69) is 10.2 Å². The van der Waals surface area contributed by atoms with E-state index in [9.17, 15) is 4.39 Å². The lowest BCUT2D eigenvalue weighted by Crippen LogP contribution is -2.31. The molecule has 4 nitrogen and oxygen atoms in total. The van der Waals surface area contributed by atoms with Crippen molar-refractivity contribution < 1.29 is 4.39 Å². The molecule has 0 spiro atoms. The zero-order chi connectivity index (χ0) is 16.2. The number of nitrogens with one attached hydrogen (secondary N) is 1. The van der Waals surface area contributed by atoms with Crippen LogP contribution in [0.25, 0.3) is 11.1 Å². The van der Waals surface area contributed by atoms with Crippen molar-refractivity contribution in [3.8, 4) is 11.1 Å². The largest absolute Gasteiger partial charge is 0.321 e. The molecule has 2 aromatic carbocycles. The average molecular weight is 298 g/mol. The van der Waals surface area contributed by atoms with Gasteiger partial charge in [0, 0.05) is 5.56 Å². The molecule has 0 aromatic heterocycles. The van der Waals surface area contributed by atoms with E-state index in [1.165, 1.54) is 6.07 Å². The topological polar surface area (TPSA) is 74.6 Å². The van der Waals surface area contributed by atoms with Crippen LogP contribution < -0.4 is 5.84 Å². The number of benzene rings is 2. The van der Waals surface area contributed by atoms with Gasteiger partial charge in [-0.1, -0.05) is 49.4 Å². The highest BCUT2D eigenvalue weighted by molar-refractivity contribution is 5.92. The van der Waals surface area contributed by atoms with Crippen molar-refractivity contribution in [3.63, 3.8) is 0 Å². The standard InChI is InChI=1S/C17H19FN4/c1-3-17(2,16(21-19)22-20)13-9-10-14(15(18)11-13)12-7-5-4-6-8-12/h4-11,19H,3,20H2,1-2H3/b21-19?,22-16-. The van der Waals surface area contributed by atoms with Gasteiger partial charge < -0.3 is 5.84 Å². The van der Waals surface area contributed by atoms with Gasteiger partial charge in [-0.3, -0.25) is 0 Å². The van der Waals surface area contributed by atoms with E-state index in [0.717, 1.165) is 5.56 Å². The number of nitrogens with zero attached hydrogens (tertiary/aromatic N) is 2. The van der Waals surface area contributed by atoms with E-state index in [-0.39, 0.29) is 11.7 Å². The molecule has 5 heteroatoms. The molecule has 0 amide bonds. The van der Waals surface area contributed by atoms with Crippen molar-refractivity contribution in [2.24, 2.45) is 16.1 Å². The minimum atomic E-state index is -0.688. The molecule has 0 saturated carbocycles. The predicted molar refractivity (Wildman–Crippen MR) is 86.2 cm³/mol. The van der Waals surface area contributed by atoms with Crippen LogP contribution in [0.3, 0.4) is 0 Å². The van der Waals surface area contributed by atoms with Gasteiger partial charge in [-0.05, 0) is 30.5 Å². The second-order valence-electron chi connectivity index (χ2n) is 5.31. The van der Waals surface area contributed by atoms with Gasteiger partial charge >= 0.3 is 0 Å². The summed E-state index contributed by atoms with van der Waals surface area (Å²) < 4.78 is 14.5. The summed E-state index contributed by atoms with van der Waals surface area (Å²) in [5.74, 6) is 5.19. The summed E-state index contributed by atoms with van der Waals surface area (Å²) in [6.45, 7) is 3.78. The van der Waals surface area contributed by atoms with Crippen molar-refractivity contribution in [1.82, 2.24) is 0 Å². The summed E-state index contributed by atoms with van der Waals surface area (Å²) in [5, 5.41) is 6.96. The molecule has 0 radical (unpaired) electrons. The zero-order valence-corrected chi connectivity index (χ0v) is 12.7. The van der Waals surface area contributed by atoms with Crippen LogP contribution in [-0.2, 0) is 5.41 Å². The van der Waals surface area contributed by atoms with E-state index < -0.39 is 5.41 Å². The Kier molecular flexibility index (Phi) is 4.65. The number of hydrogen-bond donors (Lipinski definition) is 2. The minimum Gasteiger partial charge on any atom is -0.321 e. The Bertz CT molecular complexity index is 697. The average Bonchev–Trinajstić information content (AvgIpc) is 2.56. The molecule has 0 saturated heterocycles. The van der Waals surface area contributed by atoms with Crippen LogP contribution in [0.4, 0.5) is 4.39 Å². The van der Waals surface area contributed by atoms with Gasteiger partial charge in [-0.15, -0.1) is 5.11 Å². The van der Waals surface area contributed by atoms with Crippen molar-refractivity contribution in [1.29, 1.82) is 5.53 Å². The Morgan fingerprint density at radius 3 is 2.41 bits per heavy atom. The van der Waals surface area contributed by atoms with Gasteiger partial charge in [-0.25, -0.2) is 9.92 Å². The quantitative estimate of drug-likeness (QED) is 0.282. The second kappa shape index (κ2) is 6.47. The monoisotopic (exact) mass is 298 g/mol. The lowest BCUT2D eigenvalue weighted by atomic mass is 9.78. The molecule has 2 aromatic rings. The molecule has 0 heterocycles. The number of hydrazone groups is 1. The van der Waals surface area contributed by atoms with Gasteiger partial charge in [0.15, 0.2) is 5.84 Å². The van der Waals surface area contributed by atoms with Crippen molar-refractivity contribution in [2.75, 3.05) is 0 Å². The molecule has 0 aliphatic rings. The zero-order valence-electron chi connectivity index (χ0n) is 12.7. The normalized spacial score (nSPS) is 14.4. The van der Waals surface area contributed by atoms with Gasteiger partial charge in [0.05, 0.1) is 5.41 Å². The highest BCUT2D eigenvalue weighted by Gasteiger charge is 2.32. The van der Waals surface area contributed by atoms with Crippen molar-refractivity contribution in [3.05, 3.63) is 59.9 Å². The van der Waals surface area contributed by atoms with Gasteiger partial charge in [0.1, 0.15) is 5.82 Å². The van der Waals surface area contributed by atoms with Crippen LogP contribution in [0.1, 0.15) is 25.8 Å². The summed E-state index contributed by atoms with van der Waals surface area (Å²) in [5.41, 5.74) is 8.59. The van der Waals surface area contributed by atoms with E-state index in [1.54, 1.807) is 6.07 Å². The smallest absolute Gasteiger partial charge is 0.179 e. The molecule has 2 rings (SSSR count). The molecule has 1 atom stereocenters. The minimum absolute atomic E-state index is 0.182. The van der Waals surface area contributed by atoms with Crippen molar-refractivity contribution in [2.45, 2.75) is 25.7 Å². The highest BCUT2D eigenvalue weighted by Crippen LogP contribution is 2.33. The SMILES string of the molecule is CCC(C)(/C(N=N)=N/N)c1ccc(-c2ccccc2)c(F)c1. The first-order valence-corrected chi connectivity index (χ1v) is 7.08. The molecular formula is C17H19FN4. The first kappa shape index (κ1) is 15.8. The fraction of sp³-hybridized carbons (Fsp3) is 0.235. The molecule has 0 fully saturated rings. The Labute approximate surface area is 129 Å². The maximum atomic E-state index is 14.5. The Balaban J connectivity index is 2.51. The Morgan fingerprint density at radius 2 is 1.91 bits per heavy atom. The summed E-state index contributed by atoms with van der Waals surface area (Å²) in [6.07, 6.45) is 0.607. The third-order valence-electron chi connectivity index (χ3n) is 4.12. The third-order valence-corrected chi connectivity index (χ3v) is 4.12. The highest BCUT2D eigenvalue weighted by atomic mass is 19.1. The molecule has 0 bridgehead atoms. The first-order chi connectivity index (χ1) is 10.6. The molecule has 1 unspecified atom stereocenters. The van der Waals surface area contributed by atoms with E-state index in [1.807, 2.05) is 50.2 Å². The van der Waals surface area contributed by atoms with Gasteiger partial charge in [0.2, 0.25) is 0 Å². The van der Waals surface area contributed by atoms with Crippen LogP contribution in [0.2, 0.25) is 0 Å². The summed E-state index contributed by atoms with van der Waals surface area (Å²) in [6, 6.07) is 14.4. The van der Waals surface area contributed by atoms with Crippen LogP contribution in [0, 0.1) is 11.3 Å². The molecule has 0 aliphatic heterocycles. The van der Waals surface area contributed by atoms with E-state index >= 15 is 0 Å². The predicted octanol–water partition coefficient (Wildman–Crippen LogP) is 4.46. The summed E-state index contributed by atoms with van der Waals surface area (Å²) in [4.78, 5) is 0. The molecule has 3 N–H and O–H groups in total. The number of amidine groups is 1. The first-order valence-electron chi connectivity index (χ1n) is 7.08. The summed E-state index contributed by atoms with van der Waals surface area (Å²) >= 11 is 0. The summed E-state index contributed by atoms with van der Waals surface area (Å²) in [7, 11) is 0. The maximum Gasteiger partial charge on any atom is 0.179 e. The second-order valence-corrected chi connectivity index (χ2v) is 5.31. The van der Waals surface area contributed by atoms with Crippen LogP contribution in [-0.4, -0.2) is 5.84 Å². The third kappa shape index (κ3) is 2.74. The molecular weight excluding hydrogens is 279 g/mol. The lowest BCUT2D eigenvalue weighted by Gasteiger charge is -2.27. The number of nitrogens with two attached hydrogens (primary N) is 1. The maximum absolute atomic E-state index is 14.5.